The van der Waals surface area contributed by atoms with Gasteiger partial charge in [0.15, 0.2) is 0 Å². The molecule has 124 valence electrons. The van der Waals surface area contributed by atoms with Gasteiger partial charge in [0, 0.05) is 36.0 Å². The maximum Gasteiger partial charge on any atom is 0.293 e. The van der Waals surface area contributed by atoms with E-state index in [1.165, 1.54) is 4.90 Å². The number of pyridine rings is 1. The van der Waals surface area contributed by atoms with E-state index in [0.717, 1.165) is 40.8 Å². The van der Waals surface area contributed by atoms with Crippen LogP contribution in [-0.2, 0) is 4.79 Å². The summed E-state index contributed by atoms with van der Waals surface area (Å²) < 4.78 is 2.11. The highest BCUT2D eigenvalue weighted by Gasteiger charge is 2.34. The molecule has 0 aliphatic carbocycles. The second-order valence-electron chi connectivity index (χ2n) is 5.70. The van der Waals surface area contributed by atoms with Gasteiger partial charge in [-0.3, -0.25) is 19.5 Å². The third kappa shape index (κ3) is 2.89. The molecule has 1 aliphatic rings. The first-order valence-corrected chi connectivity index (χ1v) is 8.69. The molecule has 0 aromatic carbocycles. The Balaban J connectivity index is 1.98. The molecule has 3 rings (SSSR count). The Labute approximate surface area is 145 Å². The fourth-order valence-corrected chi connectivity index (χ4v) is 3.74. The first kappa shape index (κ1) is 16.5. The average Bonchev–Trinajstić information content (AvgIpc) is 2.99. The molecule has 2 aromatic rings. The topological polar surface area (TPSA) is 55.2 Å². The van der Waals surface area contributed by atoms with E-state index in [2.05, 4.69) is 9.55 Å². The van der Waals surface area contributed by atoms with Crippen LogP contribution in [0.2, 0.25) is 0 Å². The number of carbonyl (C=O) groups is 2. The van der Waals surface area contributed by atoms with E-state index in [-0.39, 0.29) is 11.1 Å². The van der Waals surface area contributed by atoms with Crippen molar-refractivity contribution < 1.29 is 9.59 Å². The number of imide groups is 1. The van der Waals surface area contributed by atoms with Gasteiger partial charge in [0.2, 0.25) is 0 Å². The summed E-state index contributed by atoms with van der Waals surface area (Å²) in [7, 11) is 0. The summed E-state index contributed by atoms with van der Waals surface area (Å²) in [6, 6.07) is 5.92. The van der Waals surface area contributed by atoms with E-state index in [9.17, 15) is 9.59 Å². The second kappa shape index (κ2) is 6.65. The number of aryl methyl sites for hydroxylation is 1. The van der Waals surface area contributed by atoms with Crippen LogP contribution in [-0.4, -0.2) is 32.1 Å². The highest BCUT2D eigenvalue weighted by atomic mass is 32.2. The number of aromatic nitrogens is 2. The monoisotopic (exact) mass is 341 g/mol. The van der Waals surface area contributed by atoms with Gasteiger partial charge < -0.3 is 4.57 Å². The van der Waals surface area contributed by atoms with Crippen LogP contribution in [0.4, 0.5) is 4.79 Å². The van der Waals surface area contributed by atoms with Crippen LogP contribution in [0.5, 0.6) is 0 Å². The number of carbonyl (C=O) groups excluding carboxylic acids is 2. The third-order valence-corrected chi connectivity index (χ3v) is 4.91. The Morgan fingerprint density at radius 3 is 2.58 bits per heavy atom. The van der Waals surface area contributed by atoms with Gasteiger partial charge >= 0.3 is 0 Å². The Hall–Kier alpha value is -2.34. The zero-order chi connectivity index (χ0) is 17.3. The maximum absolute atomic E-state index is 12.4. The van der Waals surface area contributed by atoms with Gasteiger partial charge in [0.05, 0.1) is 4.91 Å². The standard InChI is InChI=1S/C18H19N3O2S/c1-4-9-20-17(22)16(24-18(20)23)11-14-10-12(2)21(13(14)3)15-5-7-19-8-6-15/h5-8,10-11H,4,9H2,1-3H3/b16-11+. The molecular formula is C18H19N3O2S. The SMILES string of the molecule is CCCN1C(=O)S/C(=C/c2cc(C)n(-c3ccncc3)c2C)C1=O. The molecular weight excluding hydrogens is 322 g/mol. The molecule has 1 aliphatic heterocycles. The lowest BCUT2D eigenvalue weighted by Gasteiger charge is -2.09. The molecule has 6 heteroatoms. The predicted molar refractivity (Wildman–Crippen MR) is 96.0 cm³/mol. The number of rotatable bonds is 4. The van der Waals surface area contributed by atoms with E-state index in [1.54, 1.807) is 12.4 Å². The molecule has 0 radical (unpaired) electrons. The lowest BCUT2D eigenvalue weighted by molar-refractivity contribution is -0.122. The van der Waals surface area contributed by atoms with Gasteiger partial charge in [-0.15, -0.1) is 0 Å². The number of hydrogen-bond acceptors (Lipinski definition) is 4. The molecule has 0 N–H and O–H groups in total. The fourth-order valence-electron chi connectivity index (χ4n) is 2.88. The van der Waals surface area contributed by atoms with E-state index in [1.807, 2.05) is 45.0 Å². The quantitative estimate of drug-likeness (QED) is 0.791. The minimum atomic E-state index is -0.194. The van der Waals surface area contributed by atoms with Gasteiger partial charge in [0.1, 0.15) is 0 Å². The molecule has 3 heterocycles. The molecule has 2 amide bonds. The molecule has 0 bridgehead atoms. The molecule has 0 spiro atoms. The van der Waals surface area contributed by atoms with Crippen molar-refractivity contribution >= 4 is 29.0 Å². The van der Waals surface area contributed by atoms with E-state index in [4.69, 9.17) is 0 Å². The van der Waals surface area contributed by atoms with Crippen LogP contribution in [0.15, 0.2) is 35.5 Å². The highest BCUT2D eigenvalue weighted by Crippen LogP contribution is 2.33. The Morgan fingerprint density at radius 1 is 1.21 bits per heavy atom. The van der Waals surface area contributed by atoms with Crippen molar-refractivity contribution in [3.05, 3.63) is 52.4 Å². The van der Waals surface area contributed by atoms with Gasteiger partial charge in [-0.25, -0.2) is 0 Å². The van der Waals surface area contributed by atoms with Crippen LogP contribution < -0.4 is 0 Å². The van der Waals surface area contributed by atoms with Gasteiger partial charge in [0.25, 0.3) is 11.1 Å². The summed E-state index contributed by atoms with van der Waals surface area (Å²) >= 11 is 1.02. The zero-order valence-electron chi connectivity index (χ0n) is 13.9. The summed E-state index contributed by atoms with van der Waals surface area (Å²) in [5.74, 6) is -0.194. The first-order valence-electron chi connectivity index (χ1n) is 7.87. The molecule has 0 saturated carbocycles. The van der Waals surface area contributed by atoms with Crippen molar-refractivity contribution in [2.75, 3.05) is 6.54 Å². The zero-order valence-corrected chi connectivity index (χ0v) is 14.8. The summed E-state index contributed by atoms with van der Waals surface area (Å²) in [4.78, 5) is 30.2. The number of nitrogens with zero attached hydrogens (tertiary/aromatic N) is 3. The summed E-state index contributed by atoms with van der Waals surface area (Å²) in [5.41, 5.74) is 4.07. The van der Waals surface area contributed by atoms with Crippen LogP contribution >= 0.6 is 11.8 Å². The van der Waals surface area contributed by atoms with Crippen LogP contribution in [0.25, 0.3) is 11.8 Å². The van der Waals surface area contributed by atoms with Crippen molar-refractivity contribution in [1.82, 2.24) is 14.5 Å². The Morgan fingerprint density at radius 2 is 1.92 bits per heavy atom. The molecule has 2 aromatic heterocycles. The minimum absolute atomic E-state index is 0.184. The highest BCUT2D eigenvalue weighted by molar-refractivity contribution is 8.18. The van der Waals surface area contributed by atoms with Gasteiger partial charge in [-0.2, -0.15) is 0 Å². The lowest BCUT2D eigenvalue weighted by atomic mass is 10.2. The molecule has 5 nitrogen and oxygen atoms in total. The Kier molecular flexibility index (Phi) is 4.57. The van der Waals surface area contributed by atoms with Crippen LogP contribution in [0.1, 0.15) is 30.3 Å². The number of thioether (sulfide) groups is 1. The van der Waals surface area contributed by atoms with Crippen molar-refractivity contribution in [3.63, 3.8) is 0 Å². The second-order valence-corrected chi connectivity index (χ2v) is 6.69. The summed E-state index contributed by atoms with van der Waals surface area (Å²) in [6.07, 6.45) is 6.09. The Bertz CT molecular complexity index is 824. The molecule has 0 unspecified atom stereocenters. The van der Waals surface area contributed by atoms with Crippen molar-refractivity contribution in [2.45, 2.75) is 27.2 Å². The first-order chi connectivity index (χ1) is 11.5. The summed E-state index contributed by atoms with van der Waals surface area (Å²) in [5, 5.41) is -0.184. The maximum atomic E-state index is 12.4. The van der Waals surface area contributed by atoms with Gasteiger partial charge in [-0.1, -0.05) is 6.92 Å². The number of amides is 2. The number of hydrogen-bond donors (Lipinski definition) is 0. The van der Waals surface area contributed by atoms with Crippen LogP contribution in [0.3, 0.4) is 0 Å². The van der Waals surface area contributed by atoms with Gasteiger partial charge in [-0.05, 0) is 61.9 Å². The normalized spacial score (nSPS) is 16.5. The third-order valence-electron chi connectivity index (χ3n) is 4.00. The molecule has 1 saturated heterocycles. The molecule has 24 heavy (non-hydrogen) atoms. The summed E-state index contributed by atoms with van der Waals surface area (Å²) in [6.45, 7) is 6.45. The smallest absolute Gasteiger partial charge is 0.293 e. The predicted octanol–water partition coefficient (Wildman–Crippen LogP) is 3.94. The van der Waals surface area contributed by atoms with Crippen LogP contribution in [0, 0.1) is 13.8 Å². The van der Waals surface area contributed by atoms with Crippen molar-refractivity contribution in [3.8, 4) is 5.69 Å². The van der Waals surface area contributed by atoms with E-state index < -0.39 is 0 Å². The molecule has 0 atom stereocenters. The largest absolute Gasteiger partial charge is 0.318 e. The lowest BCUT2D eigenvalue weighted by Crippen LogP contribution is -2.28. The van der Waals surface area contributed by atoms with E-state index in [0.29, 0.717) is 11.4 Å². The minimum Gasteiger partial charge on any atom is -0.318 e. The average molecular weight is 341 g/mol. The molecule has 1 fully saturated rings. The fraction of sp³-hybridized carbons (Fsp3) is 0.278. The van der Waals surface area contributed by atoms with Crippen molar-refractivity contribution in [2.24, 2.45) is 0 Å². The van der Waals surface area contributed by atoms with E-state index >= 15 is 0 Å². The van der Waals surface area contributed by atoms with Crippen molar-refractivity contribution in [1.29, 1.82) is 0 Å².